The Hall–Kier alpha value is -0.840. The lowest BCUT2D eigenvalue weighted by atomic mass is 10.2. The van der Waals surface area contributed by atoms with Crippen LogP contribution in [-0.2, 0) is 20.6 Å². The third-order valence-electron chi connectivity index (χ3n) is 2.30. The van der Waals surface area contributed by atoms with E-state index in [9.17, 15) is 0 Å². The van der Waals surface area contributed by atoms with E-state index < -0.39 is 5.97 Å². The van der Waals surface area contributed by atoms with Gasteiger partial charge in [0.2, 0.25) is 0 Å². The molecule has 0 saturated heterocycles. The molecule has 1 rings (SSSR count). The normalized spacial score (nSPS) is 11.9. The molecule has 0 aliphatic carbocycles. The van der Waals surface area contributed by atoms with Gasteiger partial charge in [0.15, 0.2) is 0 Å². The second-order valence-corrected chi connectivity index (χ2v) is 2.99. The molecule has 1 heterocycles. The van der Waals surface area contributed by atoms with E-state index in [1.165, 1.54) is 0 Å². The molecule has 1 aromatic heterocycles. The van der Waals surface area contributed by atoms with Crippen LogP contribution < -0.4 is 0 Å². The van der Waals surface area contributed by atoms with Gasteiger partial charge in [0.1, 0.15) is 0 Å². The van der Waals surface area contributed by atoms with Gasteiger partial charge in [0.25, 0.3) is 5.97 Å². The smallest absolute Gasteiger partial charge is 0.282 e. The topological polar surface area (TPSA) is 43.5 Å². The third kappa shape index (κ3) is 2.57. The molecule has 0 fully saturated rings. The lowest BCUT2D eigenvalue weighted by Gasteiger charge is -2.28. The fourth-order valence-electron chi connectivity index (χ4n) is 1.37. The molecule has 0 spiro atoms. The Morgan fingerprint density at radius 1 is 1.21 bits per heavy atom. The first-order valence-corrected chi connectivity index (χ1v) is 4.54. The SMILES string of the molecule is COC(CCc1ccc[nH]1)(OC)OC. The highest BCUT2D eigenvalue weighted by Crippen LogP contribution is 2.19. The lowest BCUT2D eigenvalue weighted by Crippen LogP contribution is -2.36. The molecule has 0 atom stereocenters. The van der Waals surface area contributed by atoms with E-state index in [0.717, 1.165) is 12.1 Å². The van der Waals surface area contributed by atoms with Crippen molar-refractivity contribution in [1.29, 1.82) is 0 Å². The first kappa shape index (κ1) is 11.2. The zero-order valence-corrected chi connectivity index (χ0v) is 8.87. The average Bonchev–Trinajstić information content (AvgIpc) is 2.74. The zero-order chi connectivity index (χ0) is 10.4. The van der Waals surface area contributed by atoms with Gasteiger partial charge in [0.05, 0.1) is 0 Å². The number of hydrogen-bond acceptors (Lipinski definition) is 3. The van der Waals surface area contributed by atoms with E-state index in [4.69, 9.17) is 14.2 Å². The van der Waals surface area contributed by atoms with Crippen LogP contribution in [0.25, 0.3) is 0 Å². The Morgan fingerprint density at radius 2 is 1.86 bits per heavy atom. The standard InChI is InChI=1S/C10H17NO3/c1-12-10(13-2,14-3)7-6-9-5-4-8-11-9/h4-5,8,11H,6-7H2,1-3H3. The molecule has 4 nitrogen and oxygen atoms in total. The number of aromatic nitrogens is 1. The largest absolute Gasteiger partial charge is 0.365 e. The fourth-order valence-corrected chi connectivity index (χ4v) is 1.37. The summed E-state index contributed by atoms with van der Waals surface area (Å²) in [5.41, 5.74) is 1.14. The number of aryl methyl sites for hydroxylation is 1. The van der Waals surface area contributed by atoms with E-state index >= 15 is 0 Å². The summed E-state index contributed by atoms with van der Waals surface area (Å²) in [6.45, 7) is 0. The van der Waals surface area contributed by atoms with Crippen molar-refractivity contribution in [3.63, 3.8) is 0 Å². The van der Waals surface area contributed by atoms with Crippen molar-refractivity contribution >= 4 is 0 Å². The van der Waals surface area contributed by atoms with Crippen molar-refractivity contribution < 1.29 is 14.2 Å². The number of aromatic amines is 1. The second kappa shape index (κ2) is 5.14. The maximum absolute atomic E-state index is 5.18. The average molecular weight is 199 g/mol. The Morgan fingerprint density at radius 3 is 2.29 bits per heavy atom. The maximum atomic E-state index is 5.18. The Balaban J connectivity index is 2.48. The van der Waals surface area contributed by atoms with E-state index in [1.54, 1.807) is 21.3 Å². The van der Waals surface area contributed by atoms with Crippen molar-refractivity contribution in [2.75, 3.05) is 21.3 Å². The molecule has 0 aromatic carbocycles. The van der Waals surface area contributed by atoms with Gasteiger partial charge in [-0.1, -0.05) is 0 Å². The van der Waals surface area contributed by atoms with Crippen molar-refractivity contribution in [2.45, 2.75) is 18.8 Å². The number of nitrogens with one attached hydrogen (secondary N) is 1. The van der Waals surface area contributed by atoms with Gasteiger partial charge >= 0.3 is 0 Å². The number of rotatable bonds is 6. The van der Waals surface area contributed by atoms with Gasteiger partial charge < -0.3 is 19.2 Å². The van der Waals surface area contributed by atoms with Crippen molar-refractivity contribution in [3.8, 4) is 0 Å². The number of hydrogen-bond donors (Lipinski definition) is 1. The molecule has 80 valence electrons. The summed E-state index contributed by atoms with van der Waals surface area (Å²) in [6, 6.07) is 3.98. The molecule has 0 radical (unpaired) electrons. The summed E-state index contributed by atoms with van der Waals surface area (Å²) in [4.78, 5) is 3.12. The summed E-state index contributed by atoms with van der Waals surface area (Å²) < 4.78 is 15.5. The van der Waals surface area contributed by atoms with E-state index in [-0.39, 0.29) is 0 Å². The Kier molecular flexibility index (Phi) is 4.13. The van der Waals surface area contributed by atoms with Crippen molar-refractivity contribution in [1.82, 2.24) is 4.98 Å². The van der Waals surface area contributed by atoms with Gasteiger partial charge in [0, 0.05) is 39.6 Å². The molecule has 0 bridgehead atoms. The monoisotopic (exact) mass is 199 g/mol. The molecule has 0 aliphatic heterocycles. The minimum absolute atomic E-state index is 0.650. The quantitative estimate of drug-likeness (QED) is 0.707. The van der Waals surface area contributed by atoms with E-state index in [1.807, 2.05) is 18.3 Å². The van der Waals surface area contributed by atoms with Gasteiger partial charge in [-0.25, -0.2) is 0 Å². The molecule has 0 saturated carbocycles. The van der Waals surface area contributed by atoms with Gasteiger partial charge in [-0.15, -0.1) is 0 Å². The second-order valence-electron chi connectivity index (χ2n) is 2.99. The highest BCUT2D eigenvalue weighted by molar-refractivity contribution is 5.03. The molecule has 4 heteroatoms. The Labute approximate surface area is 84.2 Å². The predicted molar refractivity (Wildman–Crippen MR) is 52.9 cm³/mol. The molecular formula is C10H17NO3. The fraction of sp³-hybridized carbons (Fsp3) is 0.600. The van der Waals surface area contributed by atoms with Crippen molar-refractivity contribution in [2.24, 2.45) is 0 Å². The lowest BCUT2D eigenvalue weighted by molar-refractivity contribution is -0.354. The summed E-state index contributed by atoms with van der Waals surface area (Å²) in [7, 11) is 4.71. The van der Waals surface area contributed by atoms with Crippen molar-refractivity contribution in [3.05, 3.63) is 24.0 Å². The molecule has 14 heavy (non-hydrogen) atoms. The molecule has 1 aromatic rings. The number of H-pyrrole nitrogens is 1. The van der Waals surface area contributed by atoms with Crippen LogP contribution in [0.15, 0.2) is 18.3 Å². The first-order chi connectivity index (χ1) is 6.76. The third-order valence-corrected chi connectivity index (χ3v) is 2.30. The number of ether oxygens (including phenoxy) is 3. The summed E-state index contributed by atoms with van der Waals surface area (Å²) in [5, 5.41) is 0. The first-order valence-electron chi connectivity index (χ1n) is 4.54. The van der Waals surface area contributed by atoms with Gasteiger partial charge in [-0.3, -0.25) is 0 Å². The highest BCUT2D eigenvalue weighted by Gasteiger charge is 2.28. The van der Waals surface area contributed by atoms with Crippen LogP contribution in [0.2, 0.25) is 0 Å². The van der Waals surface area contributed by atoms with Crippen LogP contribution in [0.3, 0.4) is 0 Å². The van der Waals surface area contributed by atoms with Crippen LogP contribution >= 0.6 is 0 Å². The maximum Gasteiger partial charge on any atom is 0.282 e. The van der Waals surface area contributed by atoms with Crippen LogP contribution in [-0.4, -0.2) is 32.3 Å². The molecule has 0 aliphatic rings. The van der Waals surface area contributed by atoms with Crippen LogP contribution in [0, 0.1) is 0 Å². The number of methoxy groups -OCH3 is 3. The van der Waals surface area contributed by atoms with Crippen LogP contribution in [0.5, 0.6) is 0 Å². The van der Waals surface area contributed by atoms with E-state index in [2.05, 4.69) is 4.98 Å². The summed E-state index contributed by atoms with van der Waals surface area (Å²) in [5.74, 6) is -0.925. The molecule has 0 unspecified atom stereocenters. The van der Waals surface area contributed by atoms with Crippen LogP contribution in [0.4, 0.5) is 0 Å². The summed E-state index contributed by atoms with van der Waals surface area (Å²) in [6.07, 6.45) is 3.36. The van der Waals surface area contributed by atoms with Gasteiger partial charge in [-0.05, 0) is 18.6 Å². The Bertz CT molecular complexity index is 234. The van der Waals surface area contributed by atoms with Gasteiger partial charge in [-0.2, -0.15) is 0 Å². The minimum Gasteiger partial charge on any atom is -0.365 e. The molecular weight excluding hydrogens is 182 g/mol. The predicted octanol–water partition coefficient (Wildman–Crippen LogP) is 1.54. The zero-order valence-electron chi connectivity index (χ0n) is 8.87. The molecule has 1 N–H and O–H groups in total. The van der Waals surface area contributed by atoms with E-state index in [0.29, 0.717) is 6.42 Å². The molecule has 0 amide bonds. The highest BCUT2D eigenvalue weighted by atomic mass is 16.9. The minimum atomic E-state index is -0.925. The summed E-state index contributed by atoms with van der Waals surface area (Å²) >= 11 is 0. The van der Waals surface area contributed by atoms with Crippen LogP contribution in [0.1, 0.15) is 12.1 Å².